The molecule has 0 heterocycles. The summed E-state index contributed by atoms with van der Waals surface area (Å²) < 4.78 is 0. The fourth-order valence-corrected chi connectivity index (χ4v) is 0.917. The van der Waals surface area contributed by atoms with E-state index in [4.69, 9.17) is 16.7 Å². The molecule has 0 saturated carbocycles. The molecular weight excluding hydrogens is 206 g/mol. The molecule has 1 aromatic rings. The Morgan fingerprint density at radius 1 is 1.43 bits per heavy atom. The number of benzene rings is 1. The largest absolute Gasteiger partial charge is 0.750 e. The maximum Gasteiger partial charge on any atom is 0.400 e. The summed E-state index contributed by atoms with van der Waals surface area (Å²) in [5.41, 5.74) is 0.705. The summed E-state index contributed by atoms with van der Waals surface area (Å²) in [5.74, 6) is 0. The van der Waals surface area contributed by atoms with Crippen LogP contribution in [0.2, 0.25) is 5.02 Å². The smallest absolute Gasteiger partial charge is 0.400 e. The molecule has 0 unspecified atom stereocenters. The van der Waals surface area contributed by atoms with Crippen molar-refractivity contribution in [3.8, 4) is 0 Å². The molecule has 0 atom stereocenters. The molecule has 0 spiro atoms. The highest BCUT2D eigenvalue weighted by atomic mass is 35.5. The number of halogens is 1. The maximum absolute atomic E-state index is 10.6. The fourth-order valence-electron chi connectivity index (χ4n) is 0.791. The van der Waals surface area contributed by atoms with Gasteiger partial charge in [-0.15, -0.1) is 0 Å². The predicted octanol–water partition coefficient (Wildman–Crippen LogP) is 2.79. The second-order valence-corrected chi connectivity index (χ2v) is 2.91. The van der Waals surface area contributed by atoms with Crippen LogP contribution in [-0.4, -0.2) is 16.3 Å². The van der Waals surface area contributed by atoms with Crippen LogP contribution in [0.1, 0.15) is 5.56 Å². The highest BCUT2D eigenvalue weighted by molar-refractivity contribution is 6.30. The van der Waals surface area contributed by atoms with Gasteiger partial charge in [-0.2, -0.15) is 0 Å². The summed E-state index contributed by atoms with van der Waals surface area (Å²) in [6.07, 6.45) is 0.762. The van der Waals surface area contributed by atoms with Crippen LogP contribution in [0.4, 0.5) is 4.79 Å². The molecule has 0 aliphatic carbocycles. The van der Waals surface area contributed by atoms with E-state index in [0.717, 1.165) is 6.20 Å². The average molecular weight is 213 g/mol. The Kier molecular flexibility index (Phi) is 3.50. The molecule has 1 amide bonds. The lowest BCUT2D eigenvalue weighted by Crippen LogP contribution is -2.15. The average Bonchev–Trinajstić information content (AvgIpc) is 2.16. The Labute approximate surface area is 85.6 Å². The van der Waals surface area contributed by atoms with Crippen LogP contribution >= 0.6 is 11.6 Å². The Balaban J connectivity index is 2.69. The Morgan fingerprint density at radius 2 is 2.00 bits per heavy atom. The second kappa shape index (κ2) is 4.64. The maximum atomic E-state index is 10.6. The van der Waals surface area contributed by atoms with E-state index in [9.17, 15) is 10.0 Å². The van der Waals surface area contributed by atoms with Crippen molar-refractivity contribution >= 4 is 23.8 Å². The molecule has 0 aromatic heterocycles. The van der Waals surface area contributed by atoms with Gasteiger partial charge in [-0.25, -0.2) is 4.79 Å². The highest BCUT2D eigenvalue weighted by Crippen LogP contribution is 2.10. The zero-order chi connectivity index (χ0) is 10.6. The molecule has 4 nitrogen and oxygen atoms in total. The van der Waals surface area contributed by atoms with Crippen molar-refractivity contribution in [2.24, 2.45) is 0 Å². The van der Waals surface area contributed by atoms with E-state index >= 15 is 0 Å². The van der Waals surface area contributed by atoms with Crippen LogP contribution in [0, 0.1) is 5.21 Å². The molecular formula is C9H7ClNO3-. The summed E-state index contributed by atoms with van der Waals surface area (Å²) in [6.45, 7) is 0. The second-order valence-electron chi connectivity index (χ2n) is 2.48. The van der Waals surface area contributed by atoms with Crippen LogP contribution in [0.15, 0.2) is 30.5 Å². The first-order valence-corrected chi connectivity index (χ1v) is 4.10. The SMILES string of the molecule is O=C(O)N([O-])/C=C/c1ccc(Cl)cc1. The van der Waals surface area contributed by atoms with Gasteiger partial charge in [0.15, 0.2) is 0 Å². The van der Waals surface area contributed by atoms with Gasteiger partial charge in [-0.3, -0.25) is 0 Å². The molecule has 74 valence electrons. The van der Waals surface area contributed by atoms with E-state index in [-0.39, 0.29) is 5.06 Å². The number of hydrogen-bond acceptors (Lipinski definition) is 2. The minimum atomic E-state index is -1.55. The van der Waals surface area contributed by atoms with Crippen LogP contribution < -0.4 is 0 Å². The summed E-state index contributed by atoms with van der Waals surface area (Å²) in [4.78, 5) is 10.1. The Bertz CT molecular complexity index is 348. The first-order valence-electron chi connectivity index (χ1n) is 3.72. The van der Waals surface area contributed by atoms with Gasteiger partial charge in [-0.05, 0) is 30.0 Å². The van der Waals surface area contributed by atoms with Crippen molar-refractivity contribution in [3.63, 3.8) is 0 Å². The standard InChI is InChI=1S/C9H7ClNO3/c10-8-3-1-7(2-4-8)5-6-11(14)9(12)13/h1-6H,(H,12,13)/q-1/b6-5+. The van der Waals surface area contributed by atoms with Gasteiger partial charge >= 0.3 is 6.09 Å². The lowest BCUT2D eigenvalue weighted by molar-refractivity contribution is 0.175. The van der Waals surface area contributed by atoms with Gasteiger partial charge in [0.1, 0.15) is 0 Å². The van der Waals surface area contributed by atoms with Crippen LogP contribution in [0.5, 0.6) is 0 Å². The van der Waals surface area contributed by atoms with Gasteiger partial charge < -0.3 is 15.4 Å². The van der Waals surface area contributed by atoms with Crippen molar-refractivity contribution in [1.82, 2.24) is 5.06 Å². The molecule has 5 heteroatoms. The quantitative estimate of drug-likeness (QED) is 0.767. The molecule has 0 fully saturated rings. The van der Waals surface area contributed by atoms with E-state index in [1.54, 1.807) is 24.3 Å². The third-order valence-corrected chi connectivity index (χ3v) is 1.71. The monoisotopic (exact) mass is 212 g/mol. The van der Waals surface area contributed by atoms with Crippen LogP contribution in [0.3, 0.4) is 0 Å². The lowest BCUT2D eigenvalue weighted by Gasteiger charge is -2.18. The van der Waals surface area contributed by atoms with Gasteiger partial charge in [0.25, 0.3) is 0 Å². The molecule has 1 aromatic carbocycles. The minimum absolute atomic E-state index is 0.172. The lowest BCUT2D eigenvalue weighted by atomic mass is 10.2. The number of hydrogen-bond donors (Lipinski definition) is 1. The number of rotatable bonds is 2. The summed E-state index contributed by atoms with van der Waals surface area (Å²) in [5, 5.41) is 19.2. The Hall–Kier alpha value is -1.52. The normalized spacial score (nSPS) is 10.4. The molecule has 14 heavy (non-hydrogen) atoms. The van der Waals surface area contributed by atoms with E-state index in [2.05, 4.69) is 0 Å². The molecule has 1 N–H and O–H groups in total. The number of hydroxylamine groups is 2. The summed E-state index contributed by atoms with van der Waals surface area (Å²) >= 11 is 5.63. The van der Waals surface area contributed by atoms with Crippen LogP contribution in [0.25, 0.3) is 6.08 Å². The van der Waals surface area contributed by atoms with E-state index in [1.807, 2.05) is 0 Å². The topological polar surface area (TPSA) is 63.6 Å². The van der Waals surface area contributed by atoms with E-state index in [0.29, 0.717) is 10.6 Å². The van der Waals surface area contributed by atoms with Crippen molar-refractivity contribution < 1.29 is 9.90 Å². The number of amides is 1. The highest BCUT2D eigenvalue weighted by Gasteiger charge is 1.93. The zero-order valence-electron chi connectivity index (χ0n) is 7.05. The van der Waals surface area contributed by atoms with Crippen molar-refractivity contribution in [2.75, 3.05) is 0 Å². The molecule has 1 rings (SSSR count). The van der Waals surface area contributed by atoms with Gasteiger partial charge in [0.05, 0.1) is 0 Å². The fraction of sp³-hybridized carbons (Fsp3) is 0. The molecule has 0 aliphatic rings. The predicted molar refractivity (Wildman–Crippen MR) is 53.7 cm³/mol. The molecule has 0 radical (unpaired) electrons. The molecule has 0 bridgehead atoms. The number of carboxylic acid groups (broad SMARTS) is 1. The number of carbonyl (C=O) groups is 1. The third kappa shape index (κ3) is 3.08. The van der Waals surface area contributed by atoms with Crippen molar-refractivity contribution in [2.45, 2.75) is 0 Å². The van der Waals surface area contributed by atoms with Crippen molar-refractivity contribution in [1.29, 1.82) is 0 Å². The van der Waals surface area contributed by atoms with Gasteiger partial charge in [-0.1, -0.05) is 23.7 Å². The minimum Gasteiger partial charge on any atom is -0.750 e. The van der Waals surface area contributed by atoms with Gasteiger partial charge in [0.2, 0.25) is 0 Å². The summed E-state index contributed by atoms with van der Waals surface area (Å²) in [7, 11) is 0. The molecule has 0 aliphatic heterocycles. The molecule has 0 saturated heterocycles. The van der Waals surface area contributed by atoms with Gasteiger partial charge in [0, 0.05) is 5.02 Å². The Morgan fingerprint density at radius 3 is 2.50 bits per heavy atom. The van der Waals surface area contributed by atoms with E-state index < -0.39 is 6.09 Å². The van der Waals surface area contributed by atoms with Crippen LogP contribution in [-0.2, 0) is 0 Å². The van der Waals surface area contributed by atoms with E-state index in [1.165, 1.54) is 6.08 Å². The first kappa shape index (κ1) is 10.6. The summed E-state index contributed by atoms with van der Waals surface area (Å²) in [6, 6.07) is 6.65. The zero-order valence-corrected chi connectivity index (χ0v) is 7.81. The first-order chi connectivity index (χ1) is 6.59. The third-order valence-electron chi connectivity index (χ3n) is 1.46. The number of nitrogens with zero attached hydrogens (tertiary/aromatic N) is 1. The van der Waals surface area contributed by atoms with Crippen molar-refractivity contribution in [3.05, 3.63) is 46.3 Å².